The molecule has 1 aliphatic heterocycles. The molecule has 1 aliphatic rings. The monoisotopic (exact) mass is 307 g/mol. The van der Waals surface area contributed by atoms with Gasteiger partial charge in [-0.2, -0.15) is 0 Å². The van der Waals surface area contributed by atoms with Crippen LogP contribution in [0.5, 0.6) is 5.75 Å². The Bertz CT molecular complexity index is 683. The number of amides is 1. The van der Waals surface area contributed by atoms with Crippen LogP contribution in [0.15, 0.2) is 35.7 Å². The molecule has 0 aliphatic carbocycles. The lowest BCUT2D eigenvalue weighted by Crippen LogP contribution is -2.47. The summed E-state index contributed by atoms with van der Waals surface area (Å²) in [5.41, 5.74) is 0.944. The number of fused-ring (bicyclic) bond motifs is 1. The third-order valence-electron chi connectivity index (χ3n) is 3.01. The van der Waals surface area contributed by atoms with Gasteiger partial charge >= 0.3 is 0 Å². The third kappa shape index (κ3) is 2.42. The summed E-state index contributed by atoms with van der Waals surface area (Å²) in [6.45, 7) is 0.138. The molecule has 6 heteroatoms. The normalized spacial score (nSPS) is 17.2. The first-order chi connectivity index (χ1) is 9.65. The SMILES string of the molecule is O=C(NC1COc2ccccc2C1=O)c1csc(Cl)c1. The van der Waals surface area contributed by atoms with Gasteiger partial charge in [0.2, 0.25) is 0 Å². The number of halogens is 1. The second-order valence-electron chi connectivity index (χ2n) is 4.34. The quantitative estimate of drug-likeness (QED) is 0.928. The summed E-state index contributed by atoms with van der Waals surface area (Å²) in [6.07, 6.45) is 0. The van der Waals surface area contributed by atoms with Gasteiger partial charge in [-0.3, -0.25) is 9.59 Å². The van der Waals surface area contributed by atoms with Crippen LogP contribution in [-0.4, -0.2) is 24.3 Å². The molecule has 1 amide bonds. The van der Waals surface area contributed by atoms with Crippen molar-refractivity contribution in [1.82, 2.24) is 5.32 Å². The zero-order valence-corrected chi connectivity index (χ0v) is 11.8. The zero-order valence-electron chi connectivity index (χ0n) is 10.3. The van der Waals surface area contributed by atoms with E-state index in [2.05, 4.69) is 5.32 Å². The van der Waals surface area contributed by atoms with Crippen molar-refractivity contribution >= 4 is 34.6 Å². The van der Waals surface area contributed by atoms with E-state index < -0.39 is 6.04 Å². The minimum atomic E-state index is -0.670. The van der Waals surface area contributed by atoms with Gasteiger partial charge < -0.3 is 10.1 Å². The molecule has 0 bridgehead atoms. The van der Waals surface area contributed by atoms with Crippen LogP contribution in [0, 0.1) is 0 Å². The number of para-hydroxylation sites is 1. The Hall–Kier alpha value is -1.85. The number of hydrogen-bond acceptors (Lipinski definition) is 4. The second kappa shape index (κ2) is 5.26. The highest BCUT2D eigenvalue weighted by Crippen LogP contribution is 2.24. The van der Waals surface area contributed by atoms with Crippen LogP contribution in [0.25, 0.3) is 0 Å². The molecule has 1 unspecified atom stereocenters. The molecule has 3 rings (SSSR count). The van der Waals surface area contributed by atoms with E-state index in [1.165, 1.54) is 11.3 Å². The maximum absolute atomic E-state index is 12.3. The van der Waals surface area contributed by atoms with Gasteiger partial charge in [0.1, 0.15) is 18.4 Å². The predicted octanol–water partition coefficient (Wildman–Crippen LogP) is 2.78. The molecule has 0 radical (unpaired) electrons. The van der Waals surface area contributed by atoms with Crippen LogP contribution in [0.4, 0.5) is 0 Å². The summed E-state index contributed by atoms with van der Waals surface area (Å²) in [6, 6.07) is 7.91. The molecule has 0 saturated carbocycles. The summed E-state index contributed by atoms with van der Waals surface area (Å²) in [5.74, 6) is 0.0950. The third-order valence-corrected chi connectivity index (χ3v) is 4.10. The lowest BCUT2D eigenvalue weighted by molar-refractivity contribution is 0.0795. The van der Waals surface area contributed by atoms with Gasteiger partial charge in [0.25, 0.3) is 5.91 Å². The maximum Gasteiger partial charge on any atom is 0.252 e. The van der Waals surface area contributed by atoms with E-state index in [4.69, 9.17) is 16.3 Å². The van der Waals surface area contributed by atoms with E-state index in [1.807, 2.05) is 0 Å². The molecule has 0 saturated heterocycles. The molecule has 1 aromatic heterocycles. The average Bonchev–Trinajstić information content (AvgIpc) is 2.89. The average molecular weight is 308 g/mol. The summed E-state index contributed by atoms with van der Waals surface area (Å²) in [5, 5.41) is 4.33. The Morgan fingerprint density at radius 2 is 2.20 bits per heavy atom. The van der Waals surface area contributed by atoms with Crippen molar-refractivity contribution in [2.75, 3.05) is 6.61 Å². The summed E-state index contributed by atoms with van der Waals surface area (Å²) in [7, 11) is 0. The van der Waals surface area contributed by atoms with E-state index in [0.717, 1.165) is 0 Å². The molecule has 102 valence electrons. The highest BCUT2D eigenvalue weighted by atomic mass is 35.5. The standard InChI is InChI=1S/C14H10ClNO3S/c15-12-5-8(7-20-12)14(18)16-10-6-19-11-4-2-1-3-9(11)13(10)17/h1-5,7,10H,6H2,(H,16,18). The summed E-state index contributed by atoms with van der Waals surface area (Å²) >= 11 is 7.06. The first-order valence-corrected chi connectivity index (χ1v) is 7.22. The lowest BCUT2D eigenvalue weighted by atomic mass is 10.0. The van der Waals surface area contributed by atoms with Crippen molar-refractivity contribution in [2.45, 2.75) is 6.04 Å². The van der Waals surface area contributed by atoms with Gasteiger partial charge in [0, 0.05) is 5.38 Å². The van der Waals surface area contributed by atoms with Crippen LogP contribution in [-0.2, 0) is 0 Å². The Labute approximate surface area is 124 Å². The minimum Gasteiger partial charge on any atom is -0.490 e. The fourth-order valence-corrected chi connectivity index (χ4v) is 2.87. The van der Waals surface area contributed by atoms with Crippen molar-refractivity contribution in [1.29, 1.82) is 0 Å². The number of thiophene rings is 1. The van der Waals surface area contributed by atoms with Gasteiger partial charge in [0.15, 0.2) is 5.78 Å². The molecule has 0 fully saturated rings. The van der Waals surface area contributed by atoms with E-state index in [9.17, 15) is 9.59 Å². The van der Waals surface area contributed by atoms with E-state index in [-0.39, 0.29) is 18.3 Å². The van der Waals surface area contributed by atoms with Crippen molar-refractivity contribution in [3.63, 3.8) is 0 Å². The van der Waals surface area contributed by atoms with Crippen LogP contribution >= 0.6 is 22.9 Å². The maximum atomic E-state index is 12.3. The van der Waals surface area contributed by atoms with Gasteiger partial charge in [-0.25, -0.2) is 0 Å². The smallest absolute Gasteiger partial charge is 0.252 e. The first-order valence-electron chi connectivity index (χ1n) is 5.96. The van der Waals surface area contributed by atoms with Crippen molar-refractivity contribution in [2.24, 2.45) is 0 Å². The highest BCUT2D eigenvalue weighted by Gasteiger charge is 2.30. The Kier molecular flexibility index (Phi) is 3.46. The molecule has 4 nitrogen and oxygen atoms in total. The molecule has 20 heavy (non-hydrogen) atoms. The Balaban J connectivity index is 1.77. The number of nitrogens with one attached hydrogen (secondary N) is 1. The highest BCUT2D eigenvalue weighted by molar-refractivity contribution is 7.14. The largest absolute Gasteiger partial charge is 0.490 e. The van der Waals surface area contributed by atoms with E-state index in [1.54, 1.807) is 35.7 Å². The first kappa shape index (κ1) is 13.1. The number of benzene rings is 1. The molecule has 0 spiro atoms. The lowest BCUT2D eigenvalue weighted by Gasteiger charge is -2.24. The minimum absolute atomic E-state index is 0.137. The van der Waals surface area contributed by atoms with E-state index in [0.29, 0.717) is 21.2 Å². The Morgan fingerprint density at radius 3 is 2.95 bits per heavy atom. The van der Waals surface area contributed by atoms with Gasteiger partial charge in [-0.05, 0) is 18.2 Å². The molecule has 1 atom stereocenters. The van der Waals surface area contributed by atoms with Crippen molar-refractivity contribution in [3.05, 3.63) is 51.2 Å². The van der Waals surface area contributed by atoms with Crippen molar-refractivity contribution < 1.29 is 14.3 Å². The Morgan fingerprint density at radius 1 is 1.40 bits per heavy atom. The molecule has 1 aromatic carbocycles. The van der Waals surface area contributed by atoms with Crippen LogP contribution in [0.1, 0.15) is 20.7 Å². The van der Waals surface area contributed by atoms with Gasteiger partial charge in [-0.1, -0.05) is 23.7 Å². The molecule has 2 aromatic rings. The zero-order chi connectivity index (χ0) is 14.1. The topological polar surface area (TPSA) is 55.4 Å². The van der Waals surface area contributed by atoms with E-state index >= 15 is 0 Å². The van der Waals surface area contributed by atoms with Gasteiger partial charge in [-0.15, -0.1) is 11.3 Å². The number of carbonyl (C=O) groups excluding carboxylic acids is 2. The van der Waals surface area contributed by atoms with Gasteiger partial charge in [0.05, 0.1) is 15.5 Å². The number of ether oxygens (including phenoxy) is 1. The van der Waals surface area contributed by atoms with Crippen molar-refractivity contribution in [3.8, 4) is 5.75 Å². The van der Waals surface area contributed by atoms with Crippen LogP contribution < -0.4 is 10.1 Å². The molecule has 1 N–H and O–H groups in total. The van der Waals surface area contributed by atoms with Crippen LogP contribution in [0.2, 0.25) is 4.34 Å². The molecular formula is C14H10ClNO3S. The van der Waals surface area contributed by atoms with Crippen LogP contribution in [0.3, 0.4) is 0 Å². The predicted molar refractivity (Wildman–Crippen MR) is 76.9 cm³/mol. The number of carbonyl (C=O) groups is 2. The number of ketones is 1. The molecule has 2 heterocycles. The summed E-state index contributed by atoms with van der Waals surface area (Å²) in [4.78, 5) is 24.3. The fraction of sp³-hybridized carbons (Fsp3) is 0.143. The second-order valence-corrected chi connectivity index (χ2v) is 5.88. The molecular weight excluding hydrogens is 298 g/mol. The fourth-order valence-electron chi connectivity index (χ4n) is 2.01. The number of hydrogen-bond donors (Lipinski definition) is 1. The number of Topliss-reactive ketones (excluding diaryl/α,β-unsaturated/α-hetero) is 1. The number of rotatable bonds is 2. The summed E-state index contributed by atoms with van der Waals surface area (Å²) < 4.78 is 6.02.